The summed E-state index contributed by atoms with van der Waals surface area (Å²) >= 11 is 0. The molecule has 0 spiro atoms. The van der Waals surface area contributed by atoms with Gasteiger partial charge in [0.15, 0.2) is 0 Å². The van der Waals surface area contributed by atoms with Gasteiger partial charge in [0.25, 0.3) is 0 Å². The van der Waals surface area contributed by atoms with Gasteiger partial charge in [-0.2, -0.15) is 22.0 Å². The van der Waals surface area contributed by atoms with Crippen LogP contribution in [0, 0.1) is 0 Å². The lowest BCUT2D eigenvalue weighted by Crippen LogP contribution is -2.59. The van der Waals surface area contributed by atoms with Crippen LogP contribution in [0.3, 0.4) is 0 Å². The molecule has 0 saturated heterocycles. The Morgan fingerprint density at radius 2 is 1.42 bits per heavy atom. The van der Waals surface area contributed by atoms with Crippen molar-refractivity contribution in [2.24, 2.45) is 0 Å². The molecule has 0 amide bonds. The van der Waals surface area contributed by atoms with E-state index < -0.39 is 29.6 Å². The number of alkyl halides is 6. The standard InChI is InChI=1S/C10H7F7O2/c11-8(9(12,13)14,10(15,16)19-17)7(18)6-4-2-1-3-5-6/h1-5,7,18H. The fourth-order valence-electron chi connectivity index (χ4n) is 1.40. The Balaban J connectivity index is 3.35. The second kappa shape index (κ2) is 4.97. The van der Waals surface area contributed by atoms with Gasteiger partial charge in [-0.25, -0.2) is 4.39 Å². The first kappa shape index (κ1) is 15.7. The minimum Gasteiger partial charge on any atom is -0.384 e. The van der Waals surface area contributed by atoms with E-state index in [0.29, 0.717) is 0 Å². The Bertz CT molecular complexity index is 420. The first-order valence-corrected chi connectivity index (χ1v) is 4.74. The van der Waals surface area contributed by atoms with Gasteiger partial charge in [0.2, 0.25) is 0 Å². The van der Waals surface area contributed by atoms with Crippen molar-refractivity contribution in [2.45, 2.75) is 24.1 Å². The van der Waals surface area contributed by atoms with E-state index in [1.165, 1.54) is 6.07 Å². The van der Waals surface area contributed by atoms with Gasteiger partial charge in [-0.3, -0.25) is 0 Å². The lowest BCUT2D eigenvalue weighted by Gasteiger charge is -2.35. The molecule has 1 aromatic carbocycles. The van der Waals surface area contributed by atoms with Crippen molar-refractivity contribution in [3.8, 4) is 0 Å². The van der Waals surface area contributed by atoms with Crippen LogP contribution in [-0.2, 0) is 4.94 Å². The second-order valence-corrected chi connectivity index (χ2v) is 3.62. The molecule has 9 heteroatoms. The minimum atomic E-state index is -6.27. The molecule has 1 N–H and O–H groups in total. The van der Waals surface area contributed by atoms with Crippen LogP contribution in [0.1, 0.15) is 11.7 Å². The van der Waals surface area contributed by atoms with Crippen molar-refractivity contribution in [2.75, 3.05) is 0 Å². The molecule has 0 aliphatic carbocycles. The summed E-state index contributed by atoms with van der Waals surface area (Å²) in [7, 11) is 0. The van der Waals surface area contributed by atoms with Crippen LogP contribution < -0.4 is 0 Å². The summed E-state index contributed by atoms with van der Waals surface area (Å²) in [6.07, 6.45) is -15.5. The first-order chi connectivity index (χ1) is 8.58. The molecule has 0 saturated carbocycles. The molecular formula is C10H7F7O2. The monoisotopic (exact) mass is 292 g/mol. The van der Waals surface area contributed by atoms with Gasteiger partial charge in [-0.1, -0.05) is 30.3 Å². The molecule has 2 nitrogen and oxygen atoms in total. The van der Waals surface area contributed by atoms with Crippen LogP contribution in [-0.4, -0.2) is 23.1 Å². The Labute approximate surface area is 102 Å². The quantitative estimate of drug-likeness (QED) is 0.861. The molecule has 19 heavy (non-hydrogen) atoms. The third-order valence-corrected chi connectivity index (χ3v) is 2.43. The molecule has 1 aromatic rings. The Morgan fingerprint density at radius 1 is 0.947 bits per heavy atom. The number of aliphatic hydroxyl groups excluding tert-OH is 1. The average molecular weight is 292 g/mol. The number of hydrogen-bond donors (Lipinski definition) is 1. The number of benzene rings is 1. The summed E-state index contributed by atoms with van der Waals surface area (Å²) in [6.45, 7) is 0. The van der Waals surface area contributed by atoms with E-state index in [4.69, 9.17) is 0 Å². The van der Waals surface area contributed by atoms with Gasteiger partial charge in [0.05, 0.1) is 0 Å². The molecule has 0 aliphatic heterocycles. The summed E-state index contributed by atoms with van der Waals surface area (Å²) in [5.74, 6) is 0. The molecule has 1 rings (SSSR count). The fraction of sp³-hybridized carbons (Fsp3) is 0.400. The molecular weight excluding hydrogens is 285 g/mol. The van der Waals surface area contributed by atoms with E-state index in [0.717, 1.165) is 24.3 Å². The van der Waals surface area contributed by atoms with Crippen molar-refractivity contribution in [3.63, 3.8) is 0 Å². The van der Waals surface area contributed by atoms with Gasteiger partial charge < -0.3 is 5.11 Å². The molecule has 108 valence electrons. The molecule has 0 aromatic heterocycles. The highest BCUT2D eigenvalue weighted by molar-refractivity contribution is 5.22. The van der Waals surface area contributed by atoms with Crippen molar-refractivity contribution in [1.82, 2.24) is 0 Å². The summed E-state index contributed by atoms with van der Waals surface area (Å²) in [4.78, 5) is 1.78. The normalized spacial score (nSPS) is 17.9. The summed E-state index contributed by atoms with van der Waals surface area (Å²) in [5, 5.41) is 9.22. The summed E-state index contributed by atoms with van der Waals surface area (Å²) in [5.41, 5.74) is -6.44. The van der Waals surface area contributed by atoms with E-state index in [1.807, 2.05) is 0 Å². The number of hydrogen-bond acceptors (Lipinski definition) is 2. The van der Waals surface area contributed by atoms with Gasteiger partial charge in [0, 0.05) is 0 Å². The van der Waals surface area contributed by atoms with Gasteiger partial charge in [-0.15, -0.1) is 4.94 Å². The predicted octanol–water partition coefficient (Wildman–Crippen LogP) is 3.48. The van der Waals surface area contributed by atoms with Crippen molar-refractivity contribution < 1.29 is 40.9 Å². The van der Waals surface area contributed by atoms with Crippen LogP contribution in [0.5, 0.6) is 0 Å². The van der Waals surface area contributed by atoms with Crippen LogP contribution in [0.2, 0.25) is 0 Å². The Hall–Kier alpha value is -1.35. The third-order valence-electron chi connectivity index (χ3n) is 2.43. The topological polar surface area (TPSA) is 29.5 Å². The molecule has 0 radical (unpaired) electrons. The zero-order valence-electron chi connectivity index (χ0n) is 8.97. The lowest BCUT2D eigenvalue weighted by molar-refractivity contribution is -0.454. The largest absolute Gasteiger partial charge is 0.434 e. The van der Waals surface area contributed by atoms with E-state index in [-0.39, 0.29) is 0 Å². The maximum atomic E-state index is 13.7. The van der Waals surface area contributed by atoms with Gasteiger partial charge in [0.1, 0.15) is 6.10 Å². The molecule has 0 aliphatic rings. The van der Waals surface area contributed by atoms with Crippen molar-refractivity contribution in [1.29, 1.82) is 0 Å². The van der Waals surface area contributed by atoms with E-state index in [1.54, 1.807) is 4.94 Å². The maximum Gasteiger partial charge on any atom is 0.434 e. The van der Waals surface area contributed by atoms with Crippen LogP contribution in [0.25, 0.3) is 0 Å². The maximum absolute atomic E-state index is 13.7. The van der Waals surface area contributed by atoms with Crippen molar-refractivity contribution >= 4 is 0 Å². The molecule has 2 atom stereocenters. The highest BCUT2D eigenvalue weighted by Crippen LogP contribution is 2.52. The van der Waals surface area contributed by atoms with Crippen LogP contribution in [0.15, 0.2) is 30.3 Å². The molecule has 0 heterocycles. The third kappa shape index (κ3) is 2.52. The number of aliphatic hydroxyl groups is 1. The van der Waals surface area contributed by atoms with E-state index in [2.05, 4.69) is 0 Å². The number of rotatable bonds is 4. The van der Waals surface area contributed by atoms with Crippen LogP contribution >= 0.6 is 0 Å². The van der Waals surface area contributed by atoms with E-state index >= 15 is 0 Å². The van der Waals surface area contributed by atoms with E-state index in [9.17, 15) is 36.0 Å². The zero-order valence-corrected chi connectivity index (χ0v) is 8.97. The smallest absolute Gasteiger partial charge is 0.384 e. The lowest BCUT2D eigenvalue weighted by atomic mass is 9.91. The van der Waals surface area contributed by atoms with Gasteiger partial charge in [-0.05, 0) is 10.1 Å². The van der Waals surface area contributed by atoms with Crippen LogP contribution in [0.4, 0.5) is 30.9 Å². The molecule has 0 fully saturated rings. The first-order valence-electron chi connectivity index (χ1n) is 4.74. The summed E-state index contributed by atoms with van der Waals surface area (Å²) in [6, 6.07) is 5.03. The predicted molar refractivity (Wildman–Crippen MR) is 48.4 cm³/mol. The SMILES string of the molecule is OC(c1ccccc1)C(F)(C(F)(F)F)C(F)(F)OF. The molecule has 2 unspecified atom stereocenters. The average Bonchev–Trinajstić information content (AvgIpc) is 2.36. The molecule has 0 bridgehead atoms. The Morgan fingerprint density at radius 3 is 1.79 bits per heavy atom. The highest BCUT2D eigenvalue weighted by Gasteiger charge is 2.77. The Kier molecular flexibility index (Phi) is 4.11. The fourth-order valence-corrected chi connectivity index (χ4v) is 1.40. The highest BCUT2D eigenvalue weighted by atomic mass is 19.4. The van der Waals surface area contributed by atoms with Crippen molar-refractivity contribution in [3.05, 3.63) is 35.9 Å². The minimum absolute atomic E-state index is 0.777. The second-order valence-electron chi connectivity index (χ2n) is 3.62. The zero-order chi connectivity index (χ0) is 14.9. The van der Waals surface area contributed by atoms with Gasteiger partial charge >= 0.3 is 18.0 Å². The summed E-state index contributed by atoms with van der Waals surface area (Å²) < 4.78 is 88.2. The number of halogens is 7.